The van der Waals surface area contributed by atoms with Crippen molar-refractivity contribution in [3.8, 4) is 0 Å². The smallest absolute Gasteiger partial charge is 0.192 e. The van der Waals surface area contributed by atoms with Crippen LogP contribution < -0.4 is 5.73 Å². The number of Topliss-reactive ketones (excluding diaryl/α,β-unsaturated/α-hetero) is 1. The van der Waals surface area contributed by atoms with Crippen LogP contribution in [0.4, 0.5) is 0 Å². The molecule has 1 saturated heterocycles. The van der Waals surface area contributed by atoms with E-state index in [4.69, 9.17) is 5.73 Å². The van der Waals surface area contributed by atoms with Crippen LogP contribution in [0.2, 0.25) is 0 Å². The number of carbonyl (C=O) groups is 1. The quantitative estimate of drug-likeness (QED) is 0.803. The van der Waals surface area contributed by atoms with Crippen molar-refractivity contribution in [2.75, 3.05) is 19.6 Å². The van der Waals surface area contributed by atoms with Gasteiger partial charge in [-0.2, -0.15) is 0 Å². The molecule has 0 spiro atoms. The number of likely N-dealkylation sites (tertiary alicyclic amines) is 1. The first-order valence-corrected chi connectivity index (χ1v) is 5.92. The van der Waals surface area contributed by atoms with E-state index in [9.17, 15) is 4.79 Å². The summed E-state index contributed by atoms with van der Waals surface area (Å²) in [6, 6.07) is 4.06. The highest BCUT2D eigenvalue weighted by Gasteiger charge is 2.23. The van der Waals surface area contributed by atoms with Crippen molar-refractivity contribution >= 4 is 18.2 Å². The van der Waals surface area contributed by atoms with E-state index in [1.807, 2.05) is 12.1 Å². The lowest BCUT2D eigenvalue weighted by Gasteiger charge is -2.34. The Balaban J connectivity index is 0.00000144. The number of aromatic amines is 1. The van der Waals surface area contributed by atoms with Crippen molar-refractivity contribution in [3.05, 3.63) is 24.0 Å². The van der Waals surface area contributed by atoms with Crippen molar-refractivity contribution in [1.29, 1.82) is 0 Å². The van der Waals surface area contributed by atoms with Gasteiger partial charge in [-0.15, -0.1) is 12.4 Å². The Morgan fingerprint density at radius 1 is 1.53 bits per heavy atom. The minimum atomic E-state index is 0. The zero-order valence-corrected chi connectivity index (χ0v) is 10.7. The third-order valence-electron chi connectivity index (χ3n) is 3.27. The molecule has 17 heavy (non-hydrogen) atoms. The van der Waals surface area contributed by atoms with Crippen molar-refractivity contribution in [2.45, 2.75) is 25.3 Å². The molecule has 96 valence electrons. The number of nitrogens with zero attached hydrogens (tertiary/aromatic N) is 1. The predicted molar refractivity (Wildman–Crippen MR) is 70.6 cm³/mol. The number of aromatic nitrogens is 1. The maximum atomic E-state index is 11.9. The van der Waals surface area contributed by atoms with Crippen LogP contribution >= 0.6 is 12.4 Å². The van der Waals surface area contributed by atoms with Gasteiger partial charge in [0.1, 0.15) is 0 Å². The highest BCUT2D eigenvalue weighted by atomic mass is 35.5. The summed E-state index contributed by atoms with van der Waals surface area (Å²) in [5, 5.41) is 0. The van der Waals surface area contributed by atoms with Gasteiger partial charge in [0.15, 0.2) is 5.78 Å². The second-order valence-electron chi connectivity index (χ2n) is 4.36. The van der Waals surface area contributed by atoms with Crippen LogP contribution in [-0.2, 0) is 0 Å². The number of hydrogen-bond donors (Lipinski definition) is 2. The summed E-state index contributed by atoms with van der Waals surface area (Å²) in [6.45, 7) is 2.13. The summed E-state index contributed by atoms with van der Waals surface area (Å²) in [5.41, 5.74) is 6.42. The summed E-state index contributed by atoms with van der Waals surface area (Å²) in [5.74, 6) is 0.158. The molecule has 0 aromatic carbocycles. The maximum Gasteiger partial charge on any atom is 0.192 e. The predicted octanol–water partition coefficient (Wildman–Crippen LogP) is 1.43. The zero-order chi connectivity index (χ0) is 11.4. The topological polar surface area (TPSA) is 62.1 Å². The Labute approximate surface area is 108 Å². The van der Waals surface area contributed by atoms with Gasteiger partial charge in [-0.05, 0) is 31.5 Å². The first-order valence-electron chi connectivity index (χ1n) is 5.92. The molecule has 2 heterocycles. The molecule has 0 radical (unpaired) electrons. The molecule has 0 aliphatic carbocycles. The van der Waals surface area contributed by atoms with Crippen molar-refractivity contribution < 1.29 is 4.79 Å². The summed E-state index contributed by atoms with van der Waals surface area (Å²) in [6.07, 6.45) is 5.31. The molecule has 1 aliphatic heterocycles. The van der Waals surface area contributed by atoms with Crippen molar-refractivity contribution in [2.24, 2.45) is 5.73 Å². The standard InChI is InChI=1S/C12H19N3O.ClH/c13-8-10-4-1-2-7-15(10)9-12(16)11-5-3-6-14-11;/h3,5-6,10,14H,1-2,4,7-9,13H2;1H. The molecular formula is C12H20ClN3O. The fraction of sp³-hybridized carbons (Fsp3) is 0.583. The Kier molecular flexibility index (Phi) is 5.68. The van der Waals surface area contributed by atoms with Gasteiger partial charge in [0.25, 0.3) is 0 Å². The van der Waals surface area contributed by atoms with E-state index in [1.54, 1.807) is 6.20 Å². The number of carbonyl (C=O) groups excluding carboxylic acids is 1. The Morgan fingerprint density at radius 2 is 2.35 bits per heavy atom. The molecule has 0 amide bonds. The van der Waals surface area contributed by atoms with Gasteiger partial charge in [-0.25, -0.2) is 0 Å². The maximum absolute atomic E-state index is 11.9. The number of nitrogens with two attached hydrogens (primary N) is 1. The number of piperidine rings is 1. The first kappa shape index (κ1) is 14.2. The average Bonchev–Trinajstić information content (AvgIpc) is 2.83. The average molecular weight is 258 g/mol. The van der Waals surface area contributed by atoms with E-state index in [0.717, 1.165) is 13.0 Å². The van der Waals surface area contributed by atoms with Gasteiger partial charge >= 0.3 is 0 Å². The van der Waals surface area contributed by atoms with Crippen LogP contribution in [0.5, 0.6) is 0 Å². The van der Waals surface area contributed by atoms with Gasteiger partial charge in [-0.3, -0.25) is 9.69 Å². The van der Waals surface area contributed by atoms with Crippen LogP contribution in [0.1, 0.15) is 29.8 Å². The van der Waals surface area contributed by atoms with Crippen LogP contribution in [0.3, 0.4) is 0 Å². The number of ketones is 1. The molecule has 1 atom stereocenters. The van der Waals surface area contributed by atoms with Gasteiger partial charge in [-0.1, -0.05) is 6.42 Å². The van der Waals surface area contributed by atoms with Crippen molar-refractivity contribution in [3.63, 3.8) is 0 Å². The molecule has 1 aromatic rings. The van der Waals surface area contributed by atoms with E-state index in [2.05, 4.69) is 9.88 Å². The van der Waals surface area contributed by atoms with Crippen LogP contribution in [-0.4, -0.2) is 41.3 Å². The van der Waals surface area contributed by atoms with E-state index < -0.39 is 0 Å². The molecular weight excluding hydrogens is 238 g/mol. The normalized spacial score (nSPS) is 20.9. The zero-order valence-electron chi connectivity index (χ0n) is 9.89. The van der Waals surface area contributed by atoms with Crippen molar-refractivity contribution in [1.82, 2.24) is 9.88 Å². The second kappa shape index (κ2) is 6.79. The minimum absolute atomic E-state index is 0. The van der Waals surface area contributed by atoms with Gasteiger partial charge < -0.3 is 10.7 Å². The van der Waals surface area contributed by atoms with Gasteiger partial charge in [0.05, 0.1) is 12.2 Å². The lowest BCUT2D eigenvalue weighted by atomic mass is 10.0. The lowest BCUT2D eigenvalue weighted by Crippen LogP contribution is -2.46. The summed E-state index contributed by atoms with van der Waals surface area (Å²) >= 11 is 0. The van der Waals surface area contributed by atoms with Crippen LogP contribution in [0, 0.1) is 0 Å². The number of H-pyrrole nitrogens is 1. The van der Waals surface area contributed by atoms with Crippen LogP contribution in [0.15, 0.2) is 18.3 Å². The monoisotopic (exact) mass is 257 g/mol. The SMILES string of the molecule is Cl.NCC1CCCCN1CC(=O)c1ccc[nH]1. The highest BCUT2D eigenvalue weighted by molar-refractivity contribution is 5.95. The molecule has 1 fully saturated rings. The molecule has 0 saturated carbocycles. The number of halogens is 1. The lowest BCUT2D eigenvalue weighted by molar-refractivity contribution is 0.0847. The fourth-order valence-corrected chi connectivity index (χ4v) is 2.31. The molecule has 0 bridgehead atoms. The molecule has 5 heteroatoms. The molecule has 1 aliphatic rings. The van der Waals surface area contributed by atoms with E-state index in [1.165, 1.54) is 12.8 Å². The third kappa shape index (κ3) is 3.56. The molecule has 1 unspecified atom stereocenters. The van der Waals surface area contributed by atoms with Gasteiger partial charge in [0.2, 0.25) is 0 Å². The molecule has 3 N–H and O–H groups in total. The third-order valence-corrected chi connectivity index (χ3v) is 3.27. The first-order chi connectivity index (χ1) is 7.81. The van der Waals surface area contributed by atoms with E-state index >= 15 is 0 Å². The molecule has 4 nitrogen and oxygen atoms in total. The van der Waals surface area contributed by atoms with E-state index in [-0.39, 0.29) is 18.2 Å². The number of nitrogens with one attached hydrogen (secondary N) is 1. The molecule has 1 aromatic heterocycles. The van der Waals surface area contributed by atoms with E-state index in [0.29, 0.717) is 24.8 Å². The number of rotatable bonds is 4. The Bertz CT molecular complexity index is 340. The summed E-state index contributed by atoms with van der Waals surface area (Å²) in [4.78, 5) is 17.1. The Morgan fingerprint density at radius 3 is 3.00 bits per heavy atom. The minimum Gasteiger partial charge on any atom is -0.359 e. The van der Waals surface area contributed by atoms with Crippen LogP contribution in [0.25, 0.3) is 0 Å². The summed E-state index contributed by atoms with van der Waals surface area (Å²) < 4.78 is 0. The molecule has 2 rings (SSSR count). The summed E-state index contributed by atoms with van der Waals surface area (Å²) in [7, 11) is 0. The van der Waals surface area contributed by atoms with Gasteiger partial charge in [0, 0.05) is 18.8 Å². The highest BCUT2D eigenvalue weighted by Crippen LogP contribution is 2.16. The second-order valence-corrected chi connectivity index (χ2v) is 4.36. The largest absolute Gasteiger partial charge is 0.359 e. The Hall–Kier alpha value is -0.840. The number of hydrogen-bond acceptors (Lipinski definition) is 3. The fourth-order valence-electron chi connectivity index (χ4n) is 2.31.